The molecule has 1 aromatic heterocycles. The fourth-order valence-corrected chi connectivity index (χ4v) is 2.59. The molecule has 1 heterocycles. The molecule has 132 valence electrons. The van der Waals surface area contributed by atoms with Crippen molar-refractivity contribution in [1.29, 1.82) is 0 Å². The monoisotopic (exact) mass is 386 g/mol. The molecule has 0 aliphatic rings. The fraction of sp³-hybridized carbons (Fsp3) is 0.111. The third kappa shape index (κ3) is 4.25. The molecule has 0 unspecified atom stereocenters. The van der Waals surface area contributed by atoms with E-state index in [-0.39, 0.29) is 16.0 Å². The number of aromatic nitrogens is 3. The summed E-state index contributed by atoms with van der Waals surface area (Å²) in [6.07, 6.45) is 1.53. The Balaban J connectivity index is 1.85. The lowest BCUT2D eigenvalue weighted by Gasteiger charge is -2.09. The molecule has 0 amide bonds. The summed E-state index contributed by atoms with van der Waals surface area (Å²) < 4.78 is 7.08. The standard InChI is InChI=1S/C18H15ClN4O2S/c1-12-17(24)23(18(26)22-21-12)20-10-14-6-2-3-8-16(14)25-11-13-5-4-7-15(19)9-13/h2-10H,11H2,1H3,(H,22,26)/b20-10-. The second-order valence-corrected chi connectivity index (χ2v) is 6.26. The van der Waals surface area contributed by atoms with E-state index in [0.29, 0.717) is 22.9 Å². The van der Waals surface area contributed by atoms with Crippen LogP contribution in [-0.4, -0.2) is 21.1 Å². The maximum Gasteiger partial charge on any atom is 0.296 e. The molecule has 8 heteroatoms. The summed E-state index contributed by atoms with van der Waals surface area (Å²) in [5.74, 6) is 0.630. The van der Waals surface area contributed by atoms with Crippen LogP contribution in [0.15, 0.2) is 58.4 Å². The van der Waals surface area contributed by atoms with Crippen LogP contribution < -0.4 is 10.3 Å². The van der Waals surface area contributed by atoms with Crippen LogP contribution in [0.25, 0.3) is 0 Å². The second-order valence-electron chi connectivity index (χ2n) is 5.43. The Labute approximate surface area is 159 Å². The van der Waals surface area contributed by atoms with Crippen molar-refractivity contribution in [2.24, 2.45) is 5.10 Å². The van der Waals surface area contributed by atoms with Crippen LogP contribution >= 0.6 is 23.8 Å². The van der Waals surface area contributed by atoms with E-state index < -0.39 is 0 Å². The molecule has 3 rings (SSSR count). The van der Waals surface area contributed by atoms with Crippen LogP contribution in [-0.2, 0) is 6.61 Å². The van der Waals surface area contributed by atoms with Crippen LogP contribution in [0.1, 0.15) is 16.8 Å². The lowest BCUT2D eigenvalue weighted by atomic mass is 10.2. The number of para-hydroxylation sites is 1. The van der Waals surface area contributed by atoms with Crippen LogP contribution in [0.4, 0.5) is 0 Å². The van der Waals surface area contributed by atoms with Gasteiger partial charge in [0.25, 0.3) is 5.56 Å². The topological polar surface area (TPSA) is 72.3 Å². The van der Waals surface area contributed by atoms with Gasteiger partial charge in [-0.3, -0.25) is 9.89 Å². The number of hydrogen-bond donors (Lipinski definition) is 1. The number of halogens is 1. The summed E-state index contributed by atoms with van der Waals surface area (Å²) >= 11 is 11.1. The molecule has 0 radical (unpaired) electrons. The average Bonchev–Trinajstić information content (AvgIpc) is 2.64. The van der Waals surface area contributed by atoms with Crippen LogP contribution in [0, 0.1) is 11.7 Å². The number of hydrogen-bond acceptors (Lipinski definition) is 5. The first-order chi connectivity index (χ1) is 12.5. The molecule has 0 aliphatic carbocycles. The molecule has 26 heavy (non-hydrogen) atoms. The van der Waals surface area contributed by atoms with Gasteiger partial charge in [-0.05, 0) is 49.0 Å². The maximum atomic E-state index is 12.1. The van der Waals surface area contributed by atoms with E-state index in [1.807, 2.05) is 48.5 Å². The van der Waals surface area contributed by atoms with E-state index in [0.717, 1.165) is 10.2 Å². The fourth-order valence-electron chi connectivity index (χ4n) is 2.20. The molecule has 0 spiro atoms. The largest absolute Gasteiger partial charge is 0.488 e. The molecule has 0 saturated heterocycles. The lowest BCUT2D eigenvalue weighted by molar-refractivity contribution is 0.306. The van der Waals surface area contributed by atoms with Gasteiger partial charge in [-0.25, -0.2) is 0 Å². The van der Waals surface area contributed by atoms with Crippen molar-refractivity contribution in [2.45, 2.75) is 13.5 Å². The third-order valence-corrected chi connectivity index (χ3v) is 4.03. The van der Waals surface area contributed by atoms with Gasteiger partial charge in [0, 0.05) is 10.6 Å². The third-order valence-electron chi connectivity index (χ3n) is 3.53. The number of aryl methyl sites for hydroxylation is 1. The van der Waals surface area contributed by atoms with E-state index in [2.05, 4.69) is 15.3 Å². The first-order valence-electron chi connectivity index (χ1n) is 7.73. The zero-order valence-electron chi connectivity index (χ0n) is 13.8. The number of nitrogens with one attached hydrogen (secondary N) is 1. The normalized spacial score (nSPS) is 11.0. The van der Waals surface area contributed by atoms with Crippen molar-refractivity contribution in [2.75, 3.05) is 0 Å². The van der Waals surface area contributed by atoms with Crippen molar-refractivity contribution in [1.82, 2.24) is 14.9 Å². The quantitative estimate of drug-likeness (QED) is 0.535. The predicted octanol–water partition coefficient (Wildman–Crippen LogP) is 3.72. The minimum atomic E-state index is -0.373. The van der Waals surface area contributed by atoms with Gasteiger partial charge in [0.05, 0.1) is 6.21 Å². The van der Waals surface area contributed by atoms with E-state index in [4.69, 9.17) is 28.6 Å². The summed E-state index contributed by atoms with van der Waals surface area (Å²) in [6, 6.07) is 14.8. The van der Waals surface area contributed by atoms with Crippen LogP contribution in [0.3, 0.4) is 0 Å². The Hall–Kier alpha value is -2.77. The second kappa shape index (κ2) is 8.07. The number of ether oxygens (including phenoxy) is 1. The number of H-pyrrole nitrogens is 1. The van der Waals surface area contributed by atoms with Crippen molar-refractivity contribution in [3.63, 3.8) is 0 Å². The summed E-state index contributed by atoms with van der Waals surface area (Å²) in [5, 5.41) is 11.2. The molecule has 0 bridgehead atoms. The Morgan fingerprint density at radius 3 is 2.92 bits per heavy atom. The molecule has 6 nitrogen and oxygen atoms in total. The highest BCUT2D eigenvalue weighted by atomic mass is 35.5. The first kappa shape index (κ1) is 18.0. The molecular weight excluding hydrogens is 372 g/mol. The highest BCUT2D eigenvalue weighted by Crippen LogP contribution is 2.19. The number of nitrogens with zero attached hydrogens (tertiary/aromatic N) is 3. The van der Waals surface area contributed by atoms with Gasteiger partial charge in [-0.1, -0.05) is 35.9 Å². The average molecular weight is 387 g/mol. The summed E-state index contributed by atoms with van der Waals surface area (Å²) in [4.78, 5) is 12.1. The summed E-state index contributed by atoms with van der Waals surface area (Å²) in [6.45, 7) is 1.95. The zero-order valence-corrected chi connectivity index (χ0v) is 15.4. The highest BCUT2D eigenvalue weighted by Gasteiger charge is 2.04. The number of aromatic amines is 1. The molecule has 0 saturated carbocycles. The van der Waals surface area contributed by atoms with E-state index in [1.165, 1.54) is 6.21 Å². The van der Waals surface area contributed by atoms with Gasteiger partial charge >= 0.3 is 0 Å². The highest BCUT2D eigenvalue weighted by molar-refractivity contribution is 7.71. The predicted molar refractivity (Wildman–Crippen MR) is 104 cm³/mol. The summed E-state index contributed by atoms with van der Waals surface area (Å²) in [5.41, 5.74) is 1.57. The Morgan fingerprint density at radius 2 is 2.12 bits per heavy atom. The molecule has 0 aliphatic heterocycles. The van der Waals surface area contributed by atoms with Crippen LogP contribution in [0.5, 0.6) is 5.75 Å². The molecule has 0 atom stereocenters. The lowest BCUT2D eigenvalue weighted by Crippen LogP contribution is -2.22. The maximum absolute atomic E-state index is 12.1. The van der Waals surface area contributed by atoms with Gasteiger partial charge in [0.15, 0.2) is 0 Å². The van der Waals surface area contributed by atoms with E-state index >= 15 is 0 Å². The summed E-state index contributed by atoms with van der Waals surface area (Å²) in [7, 11) is 0. The minimum Gasteiger partial charge on any atom is -0.488 e. The zero-order chi connectivity index (χ0) is 18.5. The Kier molecular flexibility index (Phi) is 5.60. The van der Waals surface area contributed by atoms with Gasteiger partial charge in [-0.2, -0.15) is 14.9 Å². The van der Waals surface area contributed by atoms with E-state index in [1.54, 1.807) is 6.92 Å². The smallest absolute Gasteiger partial charge is 0.296 e. The number of benzene rings is 2. The SMILES string of the molecule is Cc1n[nH]c(=S)n(/N=C\c2ccccc2OCc2cccc(Cl)c2)c1=O. The molecule has 3 aromatic rings. The van der Waals surface area contributed by atoms with Gasteiger partial charge in [0.1, 0.15) is 18.1 Å². The number of rotatable bonds is 5. The Morgan fingerprint density at radius 1 is 1.31 bits per heavy atom. The van der Waals surface area contributed by atoms with Crippen molar-refractivity contribution in [3.05, 3.63) is 85.5 Å². The van der Waals surface area contributed by atoms with Gasteiger partial charge in [0.2, 0.25) is 4.77 Å². The Bertz CT molecular complexity index is 1080. The van der Waals surface area contributed by atoms with Crippen LogP contribution in [0.2, 0.25) is 5.02 Å². The molecule has 1 N–H and O–H groups in total. The molecule has 0 fully saturated rings. The molecular formula is C18H15ClN4O2S. The van der Waals surface area contributed by atoms with Gasteiger partial charge < -0.3 is 4.74 Å². The van der Waals surface area contributed by atoms with Crippen molar-refractivity contribution in [3.8, 4) is 5.75 Å². The van der Waals surface area contributed by atoms with Crippen molar-refractivity contribution >= 4 is 30.0 Å². The molecule has 2 aromatic carbocycles. The first-order valence-corrected chi connectivity index (χ1v) is 8.52. The van der Waals surface area contributed by atoms with E-state index in [9.17, 15) is 4.79 Å². The van der Waals surface area contributed by atoms with Crippen molar-refractivity contribution < 1.29 is 4.74 Å². The van der Waals surface area contributed by atoms with Gasteiger partial charge in [-0.15, -0.1) is 0 Å². The minimum absolute atomic E-state index is 0.120.